The first-order valence-electron chi connectivity index (χ1n) is 7.92. The van der Waals surface area contributed by atoms with E-state index in [2.05, 4.69) is 0 Å². The minimum absolute atomic E-state index is 0. The van der Waals surface area contributed by atoms with E-state index in [4.69, 9.17) is 10.5 Å². The molecule has 26 heavy (non-hydrogen) atoms. The zero-order valence-corrected chi connectivity index (χ0v) is 16.1. The maximum atomic E-state index is 13.2. The lowest BCUT2D eigenvalue weighted by Gasteiger charge is -2.23. The molecule has 2 aromatic rings. The van der Waals surface area contributed by atoms with Crippen molar-refractivity contribution in [3.05, 3.63) is 65.7 Å². The Morgan fingerprint density at radius 1 is 1.08 bits per heavy atom. The van der Waals surface area contributed by atoms with Crippen LogP contribution in [-0.2, 0) is 21.3 Å². The minimum Gasteiger partial charge on any atom is -0.465 e. The molecule has 0 saturated heterocycles. The number of hydrogen-bond acceptors (Lipinski definition) is 5. The van der Waals surface area contributed by atoms with Crippen LogP contribution in [0.25, 0.3) is 0 Å². The summed E-state index contributed by atoms with van der Waals surface area (Å²) in [6, 6.07) is 15.3. The summed E-state index contributed by atoms with van der Waals surface area (Å²) in [5.74, 6) is -0.683. The van der Waals surface area contributed by atoms with Gasteiger partial charge in [0.15, 0.2) is 0 Å². The molecule has 0 aromatic heterocycles. The molecule has 0 heterocycles. The van der Waals surface area contributed by atoms with Crippen molar-refractivity contribution in [3.63, 3.8) is 0 Å². The Morgan fingerprint density at radius 3 is 2.31 bits per heavy atom. The molecule has 142 valence electrons. The average molecular weight is 399 g/mol. The highest BCUT2D eigenvalue weighted by Crippen LogP contribution is 2.23. The molecule has 2 N–H and O–H groups in total. The van der Waals surface area contributed by atoms with E-state index in [1.165, 1.54) is 23.5 Å². The number of carbonyl (C=O) groups excluding carboxylic acids is 1. The van der Waals surface area contributed by atoms with E-state index in [0.29, 0.717) is 13.0 Å². The number of methoxy groups -OCH3 is 1. The van der Waals surface area contributed by atoms with Gasteiger partial charge in [-0.05, 0) is 30.7 Å². The molecule has 0 fully saturated rings. The molecule has 0 aliphatic heterocycles. The van der Waals surface area contributed by atoms with Gasteiger partial charge in [-0.1, -0.05) is 42.5 Å². The van der Waals surface area contributed by atoms with E-state index in [1.807, 2.05) is 30.3 Å². The summed E-state index contributed by atoms with van der Waals surface area (Å²) < 4.78 is 32.4. The van der Waals surface area contributed by atoms with Crippen LogP contribution >= 0.6 is 12.4 Å². The Hall–Kier alpha value is -1.93. The number of nitrogens with two attached hydrogens (primary N) is 1. The van der Waals surface area contributed by atoms with E-state index >= 15 is 0 Å². The predicted octanol–water partition coefficient (Wildman–Crippen LogP) is 2.43. The zero-order valence-electron chi connectivity index (χ0n) is 14.5. The van der Waals surface area contributed by atoms with Crippen LogP contribution in [0.5, 0.6) is 0 Å². The third-order valence-electron chi connectivity index (χ3n) is 3.72. The van der Waals surface area contributed by atoms with Crippen LogP contribution in [0, 0.1) is 0 Å². The van der Waals surface area contributed by atoms with Gasteiger partial charge in [-0.15, -0.1) is 12.4 Å². The molecule has 0 aliphatic carbocycles. The van der Waals surface area contributed by atoms with Gasteiger partial charge in [0.05, 0.1) is 17.6 Å². The van der Waals surface area contributed by atoms with E-state index in [-0.39, 0.29) is 36.0 Å². The lowest BCUT2D eigenvalue weighted by molar-refractivity contribution is 0.0596. The average Bonchev–Trinajstić information content (AvgIpc) is 2.65. The normalized spacial score (nSPS) is 11.0. The Kier molecular flexibility index (Phi) is 8.74. The topological polar surface area (TPSA) is 89.7 Å². The van der Waals surface area contributed by atoms with Gasteiger partial charge in [-0.25, -0.2) is 13.2 Å². The zero-order chi connectivity index (χ0) is 18.3. The van der Waals surface area contributed by atoms with Crippen molar-refractivity contribution in [3.8, 4) is 0 Å². The van der Waals surface area contributed by atoms with E-state index in [9.17, 15) is 13.2 Å². The minimum atomic E-state index is -3.88. The summed E-state index contributed by atoms with van der Waals surface area (Å²) in [6.07, 6.45) is 0.520. The SMILES string of the molecule is COC(=O)c1ccccc1S(=O)(=O)N(CCCN)Cc1ccccc1.Cl. The Morgan fingerprint density at radius 2 is 1.69 bits per heavy atom. The molecule has 0 bridgehead atoms. The van der Waals surface area contributed by atoms with Crippen LogP contribution in [0.15, 0.2) is 59.5 Å². The highest BCUT2D eigenvalue weighted by Gasteiger charge is 2.29. The lowest BCUT2D eigenvalue weighted by atomic mass is 10.2. The van der Waals surface area contributed by atoms with E-state index in [1.54, 1.807) is 12.1 Å². The second kappa shape index (κ2) is 10.3. The molecular weight excluding hydrogens is 376 g/mol. The molecule has 2 aromatic carbocycles. The maximum absolute atomic E-state index is 13.2. The lowest BCUT2D eigenvalue weighted by Crippen LogP contribution is -2.33. The van der Waals surface area contributed by atoms with Crippen LogP contribution in [0.4, 0.5) is 0 Å². The third kappa shape index (κ3) is 5.28. The Balaban J connectivity index is 0.00000338. The maximum Gasteiger partial charge on any atom is 0.339 e. The second-order valence-corrected chi connectivity index (χ2v) is 7.36. The number of nitrogens with zero attached hydrogens (tertiary/aromatic N) is 1. The van der Waals surface area contributed by atoms with E-state index < -0.39 is 16.0 Å². The fourth-order valence-corrected chi connectivity index (χ4v) is 4.09. The molecule has 8 heteroatoms. The monoisotopic (exact) mass is 398 g/mol. The first-order chi connectivity index (χ1) is 12.0. The molecule has 0 aliphatic rings. The summed E-state index contributed by atoms with van der Waals surface area (Å²) in [7, 11) is -2.66. The van der Waals surface area contributed by atoms with Gasteiger partial charge in [-0.3, -0.25) is 0 Å². The number of hydrogen-bond donors (Lipinski definition) is 1. The molecule has 0 saturated carbocycles. The van der Waals surface area contributed by atoms with Crippen LogP contribution in [0.1, 0.15) is 22.3 Å². The van der Waals surface area contributed by atoms with Crippen molar-refractivity contribution in [2.45, 2.75) is 17.9 Å². The molecule has 0 unspecified atom stereocenters. The number of benzene rings is 2. The summed E-state index contributed by atoms with van der Waals surface area (Å²) in [6.45, 7) is 0.849. The molecule has 6 nitrogen and oxygen atoms in total. The molecule has 2 rings (SSSR count). The van der Waals surface area contributed by atoms with Gasteiger partial charge in [0.25, 0.3) is 0 Å². The molecule has 0 spiro atoms. The van der Waals surface area contributed by atoms with Gasteiger partial charge >= 0.3 is 5.97 Å². The molecule has 0 amide bonds. The van der Waals surface area contributed by atoms with Crippen LogP contribution in [-0.4, -0.2) is 38.9 Å². The largest absolute Gasteiger partial charge is 0.465 e. The number of sulfonamides is 1. The van der Waals surface area contributed by atoms with Crippen molar-refractivity contribution < 1.29 is 17.9 Å². The molecule has 0 atom stereocenters. The van der Waals surface area contributed by atoms with Crippen LogP contribution < -0.4 is 5.73 Å². The summed E-state index contributed by atoms with van der Waals surface area (Å²) in [5.41, 5.74) is 6.44. The number of carbonyl (C=O) groups is 1. The number of esters is 1. The number of rotatable bonds is 8. The fraction of sp³-hybridized carbons (Fsp3) is 0.278. The van der Waals surface area contributed by atoms with Gasteiger partial charge in [0.2, 0.25) is 10.0 Å². The highest BCUT2D eigenvalue weighted by molar-refractivity contribution is 7.89. The Labute approximate surface area is 160 Å². The predicted molar refractivity (Wildman–Crippen MR) is 103 cm³/mol. The first-order valence-corrected chi connectivity index (χ1v) is 9.36. The summed E-state index contributed by atoms with van der Waals surface area (Å²) in [5, 5.41) is 0. The summed E-state index contributed by atoms with van der Waals surface area (Å²) >= 11 is 0. The number of ether oxygens (including phenoxy) is 1. The van der Waals surface area contributed by atoms with Gasteiger partial charge in [0.1, 0.15) is 0 Å². The van der Waals surface area contributed by atoms with Crippen molar-refractivity contribution in [2.75, 3.05) is 20.2 Å². The van der Waals surface area contributed by atoms with Crippen molar-refractivity contribution in [1.82, 2.24) is 4.31 Å². The number of halogens is 1. The quantitative estimate of drug-likeness (QED) is 0.690. The fourth-order valence-electron chi connectivity index (χ4n) is 2.45. The van der Waals surface area contributed by atoms with Gasteiger partial charge in [0, 0.05) is 13.1 Å². The van der Waals surface area contributed by atoms with Gasteiger partial charge in [-0.2, -0.15) is 4.31 Å². The van der Waals surface area contributed by atoms with Crippen molar-refractivity contribution in [1.29, 1.82) is 0 Å². The highest BCUT2D eigenvalue weighted by atomic mass is 35.5. The Bertz CT molecular complexity index is 813. The van der Waals surface area contributed by atoms with Crippen molar-refractivity contribution in [2.24, 2.45) is 5.73 Å². The second-order valence-electron chi connectivity index (χ2n) is 5.45. The van der Waals surface area contributed by atoms with Crippen molar-refractivity contribution >= 4 is 28.4 Å². The third-order valence-corrected chi connectivity index (χ3v) is 5.63. The molecular formula is C18H23ClN2O4S. The van der Waals surface area contributed by atoms with Crippen LogP contribution in [0.2, 0.25) is 0 Å². The van der Waals surface area contributed by atoms with Crippen LogP contribution in [0.3, 0.4) is 0 Å². The summed E-state index contributed by atoms with van der Waals surface area (Å²) in [4.78, 5) is 11.9. The van der Waals surface area contributed by atoms with Gasteiger partial charge < -0.3 is 10.5 Å². The smallest absolute Gasteiger partial charge is 0.339 e. The van der Waals surface area contributed by atoms with E-state index in [0.717, 1.165) is 5.56 Å². The first kappa shape index (κ1) is 22.1. The standard InChI is InChI=1S/C18H22N2O4S.ClH/c1-24-18(21)16-10-5-6-11-17(16)25(22,23)20(13-7-12-19)14-15-8-3-2-4-9-15;/h2-6,8-11H,7,12-14,19H2,1H3;1H. The molecule has 0 radical (unpaired) electrons.